The van der Waals surface area contributed by atoms with Crippen molar-refractivity contribution in [1.29, 1.82) is 0 Å². The third kappa shape index (κ3) is 3.88. The summed E-state index contributed by atoms with van der Waals surface area (Å²) in [6.07, 6.45) is 3.09. The summed E-state index contributed by atoms with van der Waals surface area (Å²) < 4.78 is 0. The second-order valence-corrected chi connectivity index (χ2v) is 6.58. The number of phenols is 2. The molecular formula is C23H19N3O3. The molecule has 6 nitrogen and oxygen atoms in total. The van der Waals surface area contributed by atoms with Crippen LogP contribution in [-0.2, 0) is 0 Å². The SMILES string of the molecule is O=C(NNC(c1ccc(O)cc1)c1c(O)ccc2ccccc12)c1ccncc1. The fraction of sp³-hybridized carbons (Fsp3) is 0.0435. The molecule has 0 bridgehead atoms. The van der Waals surface area contributed by atoms with Gasteiger partial charge in [0.05, 0.1) is 6.04 Å². The van der Waals surface area contributed by atoms with Gasteiger partial charge in [-0.25, -0.2) is 5.43 Å². The Morgan fingerprint density at radius 3 is 2.34 bits per heavy atom. The summed E-state index contributed by atoms with van der Waals surface area (Å²) in [6, 6.07) is 20.5. The molecule has 0 aliphatic rings. The van der Waals surface area contributed by atoms with Gasteiger partial charge in [0, 0.05) is 23.5 Å². The monoisotopic (exact) mass is 385 g/mol. The Morgan fingerprint density at radius 2 is 1.59 bits per heavy atom. The van der Waals surface area contributed by atoms with Gasteiger partial charge in [0.2, 0.25) is 0 Å². The molecule has 6 heteroatoms. The molecule has 1 heterocycles. The highest BCUT2D eigenvalue weighted by Gasteiger charge is 2.21. The van der Waals surface area contributed by atoms with Crippen LogP contribution in [0.5, 0.6) is 11.5 Å². The highest BCUT2D eigenvalue weighted by molar-refractivity contribution is 5.94. The van der Waals surface area contributed by atoms with E-state index in [4.69, 9.17) is 0 Å². The van der Waals surface area contributed by atoms with E-state index in [0.717, 1.165) is 16.3 Å². The zero-order valence-corrected chi connectivity index (χ0v) is 15.4. The minimum Gasteiger partial charge on any atom is -0.508 e. The second kappa shape index (κ2) is 8.00. The van der Waals surface area contributed by atoms with Crippen molar-refractivity contribution in [2.75, 3.05) is 0 Å². The minimum absolute atomic E-state index is 0.104. The molecule has 0 spiro atoms. The van der Waals surface area contributed by atoms with Crippen molar-refractivity contribution in [2.24, 2.45) is 0 Å². The van der Waals surface area contributed by atoms with Gasteiger partial charge in [0.15, 0.2) is 0 Å². The molecule has 3 aromatic carbocycles. The van der Waals surface area contributed by atoms with Crippen LogP contribution in [0, 0.1) is 0 Å². The second-order valence-electron chi connectivity index (χ2n) is 6.58. The third-order valence-electron chi connectivity index (χ3n) is 4.74. The van der Waals surface area contributed by atoms with Crippen LogP contribution in [0.2, 0.25) is 0 Å². The van der Waals surface area contributed by atoms with Crippen LogP contribution in [0.1, 0.15) is 27.5 Å². The summed E-state index contributed by atoms with van der Waals surface area (Å²) >= 11 is 0. The van der Waals surface area contributed by atoms with Crippen molar-refractivity contribution in [1.82, 2.24) is 15.8 Å². The molecule has 0 saturated heterocycles. The summed E-state index contributed by atoms with van der Waals surface area (Å²) in [4.78, 5) is 16.4. The first-order chi connectivity index (χ1) is 14.1. The average molecular weight is 385 g/mol. The minimum atomic E-state index is -0.549. The van der Waals surface area contributed by atoms with Crippen molar-refractivity contribution < 1.29 is 15.0 Å². The lowest BCUT2D eigenvalue weighted by atomic mass is 9.93. The van der Waals surface area contributed by atoms with Crippen LogP contribution in [0.25, 0.3) is 10.8 Å². The van der Waals surface area contributed by atoms with Crippen molar-refractivity contribution in [3.8, 4) is 11.5 Å². The summed E-state index contributed by atoms with van der Waals surface area (Å²) in [5.74, 6) is -0.0844. The number of carbonyl (C=O) groups excluding carboxylic acids is 1. The number of hydrazine groups is 1. The highest BCUT2D eigenvalue weighted by atomic mass is 16.3. The smallest absolute Gasteiger partial charge is 0.265 e. The first kappa shape index (κ1) is 18.5. The van der Waals surface area contributed by atoms with Crippen LogP contribution in [0.15, 0.2) is 85.2 Å². The average Bonchev–Trinajstić information content (AvgIpc) is 2.76. The maximum atomic E-state index is 12.5. The molecule has 29 heavy (non-hydrogen) atoms. The zero-order valence-electron chi connectivity index (χ0n) is 15.4. The summed E-state index contributed by atoms with van der Waals surface area (Å²) in [7, 11) is 0. The number of aromatic hydroxyl groups is 2. The zero-order chi connectivity index (χ0) is 20.2. The van der Waals surface area contributed by atoms with E-state index in [0.29, 0.717) is 11.1 Å². The maximum Gasteiger partial charge on any atom is 0.265 e. The van der Waals surface area contributed by atoms with E-state index in [1.54, 1.807) is 54.9 Å². The van der Waals surface area contributed by atoms with Gasteiger partial charge in [-0.3, -0.25) is 15.2 Å². The Hall–Kier alpha value is -3.90. The van der Waals surface area contributed by atoms with E-state index in [2.05, 4.69) is 15.8 Å². The van der Waals surface area contributed by atoms with E-state index < -0.39 is 6.04 Å². The molecule has 1 aromatic heterocycles. The number of aromatic nitrogens is 1. The van der Waals surface area contributed by atoms with E-state index >= 15 is 0 Å². The number of amides is 1. The molecule has 0 fully saturated rings. The summed E-state index contributed by atoms with van der Waals surface area (Å²) in [6.45, 7) is 0. The van der Waals surface area contributed by atoms with Crippen molar-refractivity contribution in [3.05, 3.63) is 102 Å². The molecule has 1 atom stereocenters. The molecule has 144 valence electrons. The highest BCUT2D eigenvalue weighted by Crippen LogP contribution is 2.35. The fourth-order valence-electron chi connectivity index (χ4n) is 3.29. The number of hydrogen-bond acceptors (Lipinski definition) is 5. The van der Waals surface area contributed by atoms with E-state index in [1.807, 2.05) is 30.3 Å². The normalized spacial score (nSPS) is 11.9. The van der Waals surface area contributed by atoms with Gasteiger partial charge in [-0.05, 0) is 46.7 Å². The van der Waals surface area contributed by atoms with Gasteiger partial charge in [-0.15, -0.1) is 0 Å². The number of nitrogens with one attached hydrogen (secondary N) is 2. The molecule has 1 unspecified atom stereocenters. The number of benzene rings is 3. The Labute approximate surface area is 167 Å². The molecule has 0 radical (unpaired) electrons. The van der Waals surface area contributed by atoms with E-state index in [-0.39, 0.29) is 17.4 Å². The summed E-state index contributed by atoms with van der Waals surface area (Å²) in [5.41, 5.74) is 7.61. The third-order valence-corrected chi connectivity index (χ3v) is 4.74. The molecule has 4 N–H and O–H groups in total. The number of phenolic OH excluding ortho intramolecular Hbond substituents is 2. The lowest BCUT2D eigenvalue weighted by molar-refractivity contribution is 0.0928. The number of fused-ring (bicyclic) bond motifs is 1. The topological polar surface area (TPSA) is 94.5 Å². The van der Waals surface area contributed by atoms with Crippen LogP contribution in [-0.4, -0.2) is 21.1 Å². The van der Waals surface area contributed by atoms with Crippen molar-refractivity contribution in [2.45, 2.75) is 6.04 Å². The first-order valence-corrected chi connectivity index (χ1v) is 9.09. The van der Waals surface area contributed by atoms with Gasteiger partial charge in [-0.1, -0.05) is 42.5 Å². The molecule has 0 aliphatic carbocycles. The quantitative estimate of drug-likeness (QED) is 0.393. The molecule has 0 saturated carbocycles. The van der Waals surface area contributed by atoms with E-state index in [9.17, 15) is 15.0 Å². The molecule has 4 aromatic rings. The van der Waals surface area contributed by atoms with Gasteiger partial charge >= 0.3 is 0 Å². The van der Waals surface area contributed by atoms with Crippen LogP contribution in [0.4, 0.5) is 0 Å². The van der Waals surface area contributed by atoms with E-state index in [1.165, 1.54) is 0 Å². The number of pyridine rings is 1. The van der Waals surface area contributed by atoms with Gasteiger partial charge < -0.3 is 10.2 Å². The number of nitrogens with zero attached hydrogens (tertiary/aromatic N) is 1. The largest absolute Gasteiger partial charge is 0.508 e. The molecule has 4 rings (SSSR count). The lowest BCUT2D eigenvalue weighted by Crippen LogP contribution is -2.40. The molecule has 0 aliphatic heterocycles. The van der Waals surface area contributed by atoms with Crippen LogP contribution in [0.3, 0.4) is 0 Å². The Morgan fingerprint density at radius 1 is 0.862 bits per heavy atom. The standard InChI is InChI=1S/C23H19N3O3/c27-18-8-5-16(6-9-18)22(25-26-23(29)17-11-13-24-14-12-17)21-19-4-2-1-3-15(19)7-10-20(21)28/h1-14,22,25,27-28H,(H,26,29). The number of carbonyl (C=O) groups is 1. The predicted molar refractivity (Wildman–Crippen MR) is 110 cm³/mol. The van der Waals surface area contributed by atoms with Gasteiger partial charge in [0.25, 0.3) is 5.91 Å². The Bertz CT molecular complexity index is 1150. The fourth-order valence-corrected chi connectivity index (χ4v) is 3.29. The van der Waals surface area contributed by atoms with Gasteiger partial charge in [-0.2, -0.15) is 0 Å². The Balaban J connectivity index is 1.75. The predicted octanol–water partition coefficient (Wildman–Crippen LogP) is 3.67. The number of hydrogen-bond donors (Lipinski definition) is 4. The first-order valence-electron chi connectivity index (χ1n) is 9.09. The number of rotatable bonds is 5. The van der Waals surface area contributed by atoms with Crippen molar-refractivity contribution in [3.63, 3.8) is 0 Å². The Kier molecular flexibility index (Phi) is 5.09. The van der Waals surface area contributed by atoms with Crippen LogP contribution >= 0.6 is 0 Å². The lowest BCUT2D eigenvalue weighted by Gasteiger charge is -2.23. The van der Waals surface area contributed by atoms with Crippen LogP contribution < -0.4 is 10.9 Å². The molecule has 1 amide bonds. The van der Waals surface area contributed by atoms with Gasteiger partial charge in [0.1, 0.15) is 11.5 Å². The maximum absolute atomic E-state index is 12.5. The van der Waals surface area contributed by atoms with Crippen molar-refractivity contribution >= 4 is 16.7 Å². The molecular weight excluding hydrogens is 366 g/mol. The summed E-state index contributed by atoms with van der Waals surface area (Å²) in [5, 5.41) is 22.1.